The Balaban J connectivity index is 5.50. The monoisotopic (exact) mass is 444 g/mol. The van der Waals surface area contributed by atoms with Gasteiger partial charge in [0, 0.05) is 13.1 Å². The second-order valence-corrected chi connectivity index (χ2v) is 9.22. The van der Waals surface area contributed by atoms with E-state index < -0.39 is 41.2 Å². The maximum atomic E-state index is 13.2. The zero-order valence-corrected chi connectivity index (χ0v) is 20.3. The minimum absolute atomic E-state index is 0.0227. The Morgan fingerprint density at radius 3 is 1.94 bits per heavy atom. The molecular weight excluding hydrogens is 404 g/mol. The molecule has 0 aromatic heterocycles. The molecule has 0 unspecified atom stereocenters. The van der Waals surface area contributed by atoms with E-state index in [4.69, 9.17) is 14.2 Å². The average Bonchev–Trinajstić information content (AvgIpc) is 2.57. The Morgan fingerprint density at radius 2 is 1.45 bits per heavy atom. The van der Waals surface area contributed by atoms with Crippen LogP contribution < -0.4 is 5.32 Å². The summed E-state index contributed by atoms with van der Waals surface area (Å²) in [6, 6.07) is -1.18. The topological polar surface area (TPSA) is 111 Å². The predicted molar refractivity (Wildman–Crippen MR) is 116 cm³/mol. The molecule has 0 bridgehead atoms. The van der Waals surface area contributed by atoms with Crippen LogP contribution in [0, 0.1) is 0 Å². The molecule has 1 N–H and O–H groups in total. The van der Waals surface area contributed by atoms with E-state index in [0.717, 1.165) is 6.42 Å². The van der Waals surface area contributed by atoms with Gasteiger partial charge in [-0.05, 0) is 54.9 Å². The molecule has 0 radical (unpaired) electrons. The van der Waals surface area contributed by atoms with Gasteiger partial charge in [0.15, 0.2) is 0 Å². The molecule has 1 atom stereocenters. The number of carbonyl (C=O) groups excluding carboxylic acids is 4. The molecule has 0 aliphatic carbocycles. The van der Waals surface area contributed by atoms with Gasteiger partial charge in [-0.15, -0.1) is 0 Å². The molecule has 0 aliphatic rings. The maximum Gasteiger partial charge on any atom is 0.408 e. The van der Waals surface area contributed by atoms with E-state index in [1.807, 2.05) is 6.92 Å². The van der Waals surface area contributed by atoms with Crippen LogP contribution in [-0.2, 0) is 28.6 Å². The van der Waals surface area contributed by atoms with Crippen molar-refractivity contribution in [3.05, 3.63) is 0 Å². The third kappa shape index (κ3) is 14.3. The van der Waals surface area contributed by atoms with Gasteiger partial charge in [-0.2, -0.15) is 0 Å². The number of nitrogens with one attached hydrogen (secondary N) is 1. The number of esters is 2. The van der Waals surface area contributed by atoms with Crippen molar-refractivity contribution in [3.63, 3.8) is 0 Å². The van der Waals surface area contributed by atoms with Crippen molar-refractivity contribution >= 4 is 23.9 Å². The number of nitrogens with zero attached hydrogens (tertiary/aromatic N) is 1. The molecule has 0 spiro atoms. The van der Waals surface area contributed by atoms with Crippen molar-refractivity contribution in [2.24, 2.45) is 0 Å². The highest BCUT2D eigenvalue weighted by Crippen LogP contribution is 2.13. The van der Waals surface area contributed by atoms with Crippen molar-refractivity contribution in [1.29, 1.82) is 0 Å². The number of amides is 2. The molecule has 0 aliphatic heterocycles. The predicted octanol–water partition coefficient (Wildman–Crippen LogP) is 3.19. The van der Waals surface area contributed by atoms with Crippen LogP contribution in [0.1, 0.15) is 81.1 Å². The largest absolute Gasteiger partial charge is 0.466 e. The normalized spacial score (nSPS) is 12.5. The molecule has 0 rings (SSSR count). The van der Waals surface area contributed by atoms with Gasteiger partial charge in [-0.1, -0.05) is 13.3 Å². The second kappa shape index (κ2) is 13.2. The molecule has 0 saturated carbocycles. The number of hydrogen-bond acceptors (Lipinski definition) is 7. The maximum absolute atomic E-state index is 13.2. The summed E-state index contributed by atoms with van der Waals surface area (Å²) in [5.74, 6) is -1.52. The molecule has 0 aromatic carbocycles. The number of alkyl carbamates (subject to hydrolysis) is 1. The summed E-state index contributed by atoms with van der Waals surface area (Å²) in [6.45, 7) is 14.7. The highest BCUT2D eigenvalue weighted by molar-refractivity contribution is 5.90. The van der Waals surface area contributed by atoms with Crippen LogP contribution in [0.15, 0.2) is 0 Å². The van der Waals surface area contributed by atoms with Crippen LogP contribution in [0.5, 0.6) is 0 Å². The van der Waals surface area contributed by atoms with Crippen molar-refractivity contribution in [1.82, 2.24) is 10.2 Å². The molecule has 9 heteroatoms. The van der Waals surface area contributed by atoms with Crippen molar-refractivity contribution in [2.45, 2.75) is 98.3 Å². The molecular formula is C22H40N2O7. The lowest BCUT2D eigenvalue weighted by Gasteiger charge is -2.29. The van der Waals surface area contributed by atoms with Gasteiger partial charge >= 0.3 is 18.0 Å². The van der Waals surface area contributed by atoms with E-state index in [1.54, 1.807) is 48.5 Å². The minimum atomic E-state index is -1.18. The number of carbonyl (C=O) groups is 4. The summed E-state index contributed by atoms with van der Waals surface area (Å²) in [6.07, 6.45) is 0.404. The summed E-state index contributed by atoms with van der Waals surface area (Å²) in [7, 11) is 0. The lowest BCUT2D eigenvalue weighted by Crippen LogP contribution is -2.51. The Morgan fingerprint density at radius 1 is 0.871 bits per heavy atom. The molecule has 0 fully saturated rings. The van der Waals surface area contributed by atoms with Crippen molar-refractivity contribution in [2.75, 3.05) is 19.7 Å². The van der Waals surface area contributed by atoms with Crippen LogP contribution in [0.2, 0.25) is 0 Å². The third-order valence-corrected chi connectivity index (χ3v) is 3.76. The molecule has 9 nitrogen and oxygen atoms in total. The Hall–Kier alpha value is -2.32. The van der Waals surface area contributed by atoms with E-state index in [2.05, 4.69) is 5.32 Å². The SMILES string of the molecule is CCCCN(CCC(=O)OCC)C(=O)[C@H](CC(=O)OC(C)(C)C)NC(=O)OC(C)(C)C. The van der Waals surface area contributed by atoms with Gasteiger partial charge in [0.05, 0.1) is 19.4 Å². The molecule has 2 amide bonds. The number of hydrogen-bond donors (Lipinski definition) is 1. The molecule has 31 heavy (non-hydrogen) atoms. The first-order valence-corrected chi connectivity index (χ1v) is 10.8. The lowest BCUT2D eigenvalue weighted by atomic mass is 10.1. The van der Waals surface area contributed by atoms with E-state index in [9.17, 15) is 19.2 Å². The number of ether oxygens (including phenoxy) is 3. The van der Waals surface area contributed by atoms with Gasteiger partial charge in [0.1, 0.15) is 17.2 Å². The lowest BCUT2D eigenvalue weighted by molar-refractivity contribution is -0.157. The Kier molecular flexibility index (Phi) is 12.2. The van der Waals surface area contributed by atoms with Crippen LogP contribution in [0.4, 0.5) is 4.79 Å². The number of unbranched alkanes of at least 4 members (excludes halogenated alkanes) is 1. The first kappa shape index (κ1) is 28.7. The van der Waals surface area contributed by atoms with Crippen LogP contribution in [0.3, 0.4) is 0 Å². The first-order chi connectivity index (χ1) is 14.2. The number of rotatable bonds is 11. The molecule has 180 valence electrons. The molecule has 0 heterocycles. The van der Waals surface area contributed by atoms with Crippen LogP contribution in [0.25, 0.3) is 0 Å². The van der Waals surface area contributed by atoms with Crippen LogP contribution >= 0.6 is 0 Å². The summed E-state index contributed by atoms with van der Waals surface area (Å²) >= 11 is 0. The highest BCUT2D eigenvalue weighted by atomic mass is 16.6. The van der Waals surface area contributed by atoms with Gasteiger partial charge in [0.2, 0.25) is 5.91 Å². The molecule has 0 saturated heterocycles. The second-order valence-electron chi connectivity index (χ2n) is 9.22. The van der Waals surface area contributed by atoms with Gasteiger partial charge in [-0.3, -0.25) is 14.4 Å². The highest BCUT2D eigenvalue weighted by Gasteiger charge is 2.32. The minimum Gasteiger partial charge on any atom is -0.466 e. The summed E-state index contributed by atoms with van der Waals surface area (Å²) in [5.41, 5.74) is -1.50. The zero-order chi connectivity index (χ0) is 24.2. The summed E-state index contributed by atoms with van der Waals surface area (Å²) < 4.78 is 15.5. The Labute approximate surface area is 186 Å². The fourth-order valence-electron chi connectivity index (χ4n) is 2.56. The smallest absolute Gasteiger partial charge is 0.408 e. The van der Waals surface area contributed by atoms with E-state index >= 15 is 0 Å². The standard InChI is InChI=1S/C22H40N2O7/c1-9-11-13-24(14-12-17(25)29-10-2)19(27)16(15-18(26)30-21(3,4)5)23-20(28)31-22(6,7)8/h16H,9-15H2,1-8H3,(H,23,28)/t16-/m0/s1. The summed E-state index contributed by atoms with van der Waals surface area (Å²) in [5, 5.41) is 2.49. The van der Waals surface area contributed by atoms with Gasteiger partial charge < -0.3 is 24.4 Å². The molecule has 0 aromatic rings. The van der Waals surface area contributed by atoms with Crippen molar-refractivity contribution in [3.8, 4) is 0 Å². The fraction of sp³-hybridized carbons (Fsp3) is 0.818. The van der Waals surface area contributed by atoms with E-state index in [-0.39, 0.29) is 26.0 Å². The zero-order valence-electron chi connectivity index (χ0n) is 20.3. The fourth-order valence-corrected chi connectivity index (χ4v) is 2.56. The third-order valence-electron chi connectivity index (χ3n) is 3.76. The van der Waals surface area contributed by atoms with Gasteiger partial charge in [-0.25, -0.2) is 4.79 Å². The average molecular weight is 445 g/mol. The van der Waals surface area contributed by atoms with Crippen LogP contribution in [-0.4, -0.2) is 65.8 Å². The van der Waals surface area contributed by atoms with Crippen molar-refractivity contribution < 1.29 is 33.4 Å². The van der Waals surface area contributed by atoms with Gasteiger partial charge in [0.25, 0.3) is 0 Å². The Bertz CT molecular complexity index is 576. The quantitative estimate of drug-likeness (QED) is 0.385. The van der Waals surface area contributed by atoms with E-state index in [1.165, 1.54) is 4.90 Å². The van der Waals surface area contributed by atoms with E-state index in [0.29, 0.717) is 13.0 Å². The summed E-state index contributed by atoms with van der Waals surface area (Å²) in [4.78, 5) is 51.1. The first-order valence-electron chi connectivity index (χ1n) is 10.8.